The van der Waals surface area contributed by atoms with Crippen molar-refractivity contribution in [2.24, 2.45) is 17.8 Å². The van der Waals surface area contributed by atoms with E-state index in [1.54, 1.807) is 7.11 Å². The summed E-state index contributed by atoms with van der Waals surface area (Å²) in [6.07, 6.45) is 9.33. The highest BCUT2D eigenvalue weighted by atomic mass is 16.5. The van der Waals surface area contributed by atoms with Gasteiger partial charge in [0, 0.05) is 12.6 Å². The Labute approximate surface area is 102 Å². The Bertz CT molecular complexity index is 413. The summed E-state index contributed by atoms with van der Waals surface area (Å²) in [5.74, 6) is 3.12. The van der Waals surface area contributed by atoms with Crippen molar-refractivity contribution in [3.05, 3.63) is 30.5 Å². The maximum Gasteiger partial charge on any atom is 0.213 e. The van der Waals surface area contributed by atoms with Crippen molar-refractivity contribution in [2.45, 2.75) is 12.8 Å². The fraction of sp³-hybridized carbons (Fsp3) is 0.500. The van der Waals surface area contributed by atoms with Gasteiger partial charge in [0.15, 0.2) is 0 Å². The minimum absolute atomic E-state index is 0.665. The monoisotopic (exact) mass is 230 g/mol. The van der Waals surface area contributed by atoms with E-state index in [1.165, 1.54) is 12.8 Å². The molecule has 2 aliphatic rings. The second kappa shape index (κ2) is 4.40. The van der Waals surface area contributed by atoms with Crippen molar-refractivity contribution in [3.8, 4) is 5.88 Å². The van der Waals surface area contributed by atoms with Gasteiger partial charge >= 0.3 is 0 Å². The highest BCUT2D eigenvalue weighted by molar-refractivity contribution is 5.42. The molecular weight excluding hydrogens is 212 g/mol. The van der Waals surface area contributed by atoms with Gasteiger partial charge in [-0.25, -0.2) is 4.98 Å². The average Bonchev–Trinajstić information content (AvgIpc) is 2.99. The number of fused-ring (bicyclic) bond motifs is 2. The first-order valence-corrected chi connectivity index (χ1v) is 6.27. The number of pyridine rings is 1. The van der Waals surface area contributed by atoms with E-state index in [-0.39, 0.29) is 0 Å². The van der Waals surface area contributed by atoms with E-state index < -0.39 is 0 Å². The van der Waals surface area contributed by atoms with E-state index >= 15 is 0 Å². The van der Waals surface area contributed by atoms with E-state index in [0.29, 0.717) is 5.88 Å². The van der Waals surface area contributed by atoms with Crippen LogP contribution in [0.5, 0.6) is 5.88 Å². The predicted molar refractivity (Wildman–Crippen MR) is 68.1 cm³/mol. The molecule has 1 aromatic heterocycles. The molecule has 3 heteroatoms. The van der Waals surface area contributed by atoms with Crippen LogP contribution in [0.4, 0.5) is 5.69 Å². The minimum Gasteiger partial charge on any atom is -0.481 e. The van der Waals surface area contributed by atoms with E-state index in [1.807, 2.05) is 18.3 Å². The van der Waals surface area contributed by atoms with Crippen LogP contribution in [0, 0.1) is 17.8 Å². The van der Waals surface area contributed by atoms with E-state index in [2.05, 4.69) is 22.5 Å². The number of anilines is 1. The zero-order chi connectivity index (χ0) is 11.7. The summed E-state index contributed by atoms with van der Waals surface area (Å²) in [6, 6.07) is 3.91. The normalized spacial score (nSPS) is 29.6. The van der Waals surface area contributed by atoms with Gasteiger partial charge in [0.05, 0.1) is 19.0 Å². The summed E-state index contributed by atoms with van der Waals surface area (Å²) in [7, 11) is 1.64. The van der Waals surface area contributed by atoms with Crippen LogP contribution in [-0.2, 0) is 0 Å². The van der Waals surface area contributed by atoms with Gasteiger partial charge in [0.2, 0.25) is 5.88 Å². The molecule has 2 bridgehead atoms. The van der Waals surface area contributed by atoms with Crippen molar-refractivity contribution in [3.63, 3.8) is 0 Å². The van der Waals surface area contributed by atoms with E-state index in [9.17, 15) is 0 Å². The average molecular weight is 230 g/mol. The second-order valence-electron chi connectivity index (χ2n) is 5.01. The van der Waals surface area contributed by atoms with Crippen molar-refractivity contribution in [2.75, 3.05) is 19.0 Å². The maximum absolute atomic E-state index is 5.04. The van der Waals surface area contributed by atoms with E-state index in [4.69, 9.17) is 4.74 Å². The van der Waals surface area contributed by atoms with E-state index in [0.717, 1.165) is 30.0 Å². The van der Waals surface area contributed by atoms with Crippen LogP contribution >= 0.6 is 0 Å². The predicted octanol–water partition coefficient (Wildman–Crippen LogP) is 2.71. The molecule has 3 rings (SSSR count). The molecule has 17 heavy (non-hydrogen) atoms. The molecule has 0 spiro atoms. The molecule has 2 aliphatic carbocycles. The Morgan fingerprint density at radius 2 is 2.29 bits per heavy atom. The summed E-state index contributed by atoms with van der Waals surface area (Å²) >= 11 is 0. The molecule has 0 aliphatic heterocycles. The molecule has 0 amide bonds. The largest absolute Gasteiger partial charge is 0.481 e. The Kier molecular flexibility index (Phi) is 2.75. The highest BCUT2D eigenvalue weighted by Crippen LogP contribution is 2.43. The van der Waals surface area contributed by atoms with Gasteiger partial charge in [-0.1, -0.05) is 12.2 Å². The van der Waals surface area contributed by atoms with Gasteiger partial charge in [-0.15, -0.1) is 0 Å². The first-order chi connectivity index (χ1) is 8.35. The van der Waals surface area contributed by atoms with Crippen LogP contribution in [-0.4, -0.2) is 18.6 Å². The molecular formula is C14H18N2O. The molecule has 0 aromatic carbocycles. The Morgan fingerprint density at radius 1 is 1.35 bits per heavy atom. The Morgan fingerprint density at radius 3 is 2.88 bits per heavy atom. The third-order valence-corrected chi connectivity index (χ3v) is 3.93. The van der Waals surface area contributed by atoms with Crippen LogP contribution in [0.25, 0.3) is 0 Å². The van der Waals surface area contributed by atoms with Crippen LogP contribution in [0.15, 0.2) is 30.5 Å². The van der Waals surface area contributed by atoms with Gasteiger partial charge < -0.3 is 10.1 Å². The van der Waals surface area contributed by atoms with Crippen LogP contribution in [0.1, 0.15) is 12.8 Å². The molecule has 0 saturated heterocycles. The number of nitrogens with one attached hydrogen (secondary N) is 1. The second-order valence-corrected chi connectivity index (χ2v) is 5.01. The van der Waals surface area contributed by atoms with Crippen molar-refractivity contribution >= 4 is 5.69 Å². The van der Waals surface area contributed by atoms with Crippen molar-refractivity contribution in [1.82, 2.24) is 4.98 Å². The van der Waals surface area contributed by atoms with Crippen molar-refractivity contribution < 1.29 is 4.74 Å². The third-order valence-electron chi connectivity index (χ3n) is 3.93. The standard InChI is InChI=1S/C14H18N2O/c1-17-14-5-4-13(9-16-14)15-8-12-7-10-2-3-11(12)6-10/h2-5,9-12,15H,6-8H2,1H3. The highest BCUT2D eigenvalue weighted by Gasteiger charge is 2.35. The smallest absolute Gasteiger partial charge is 0.213 e. The van der Waals surface area contributed by atoms with Gasteiger partial charge in [0.1, 0.15) is 0 Å². The van der Waals surface area contributed by atoms with Gasteiger partial charge in [-0.3, -0.25) is 0 Å². The fourth-order valence-corrected chi connectivity index (χ4v) is 2.98. The minimum atomic E-state index is 0.665. The molecule has 3 atom stereocenters. The number of hydrogen-bond acceptors (Lipinski definition) is 3. The zero-order valence-electron chi connectivity index (χ0n) is 10.1. The van der Waals surface area contributed by atoms with Crippen LogP contribution in [0.2, 0.25) is 0 Å². The SMILES string of the molecule is COc1ccc(NCC2CC3C=CC2C3)cn1. The van der Waals surface area contributed by atoms with Gasteiger partial charge in [-0.05, 0) is 36.7 Å². The van der Waals surface area contributed by atoms with Gasteiger partial charge in [-0.2, -0.15) is 0 Å². The Hall–Kier alpha value is -1.51. The van der Waals surface area contributed by atoms with Gasteiger partial charge in [0.25, 0.3) is 0 Å². The van der Waals surface area contributed by atoms with Crippen LogP contribution < -0.4 is 10.1 Å². The lowest BCUT2D eigenvalue weighted by Gasteiger charge is -2.19. The number of hydrogen-bond donors (Lipinski definition) is 1. The number of allylic oxidation sites excluding steroid dienone is 2. The zero-order valence-corrected chi connectivity index (χ0v) is 10.1. The topological polar surface area (TPSA) is 34.1 Å². The molecule has 1 aromatic rings. The third kappa shape index (κ3) is 2.14. The summed E-state index contributed by atoms with van der Waals surface area (Å²) in [5, 5.41) is 3.47. The molecule has 3 nitrogen and oxygen atoms in total. The summed E-state index contributed by atoms with van der Waals surface area (Å²) in [5.41, 5.74) is 1.08. The lowest BCUT2D eigenvalue weighted by molar-refractivity contribution is 0.398. The molecule has 1 heterocycles. The molecule has 1 fully saturated rings. The van der Waals surface area contributed by atoms with Crippen molar-refractivity contribution in [1.29, 1.82) is 0 Å². The maximum atomic E-state index is 5.04. The lowest BCUT2D eigenvalue weighted by atomic mass is 9.93. The quantitative estimate of drug-likeness (QED) is 0.807. The summed E-state index contributed by atoms with van der Waals surface area (Å²) < 4.78 is 5.04. The molecule has 0 radical (unpaired) electrons. The molecule has 90 valence electrons. The summed E-state index contributed by atoms with van der Waals surface area (Å²) in [4.78, 5) is 4.19. The lowest BCUT2D eigenvalue weighted by Crippen LogP contribution is -2.18. The number of aromatic nitrogens is 1. The first-order valence-electron chi connectivity index (χ1n) is 6.27. The molecule has 3 unspecified atom stereocenters. The Balaban J connectivity index is 1.55. The summed E-state index contributed by atoms with van der Waals surface area (Å²) in [6.45, 7) is 1.06. The molecule has 1 saturated carbocycles. The number of ether oxygens (including phenoxy) is 1. The number of rotatable bonds is 4. The number of methoxy groups -OCH3 is 1. The molecule has 1 N–H and O–H groups in total. The first kappa shape index (κ1) is 10.6. The fourth-order valence-electron chi connectivity index (χ4n) is 2.98. The van der Waals surface area contributed by atoms with Crippen LogP contribution in [0.3, 0.4) is 0 Å². The number of nitrogens with zero attached hydrogens (tertiary/aromatic N) is 1.